The van der Waals surface area contributed by atoms with Crippen LogP contribution in [0.3, 0.4) is 0 Å². The summed E-state index contributed by atoms with van der Waals surface area (Å²) in [5.74, 6) is 0.769. The number of hydrogen-bond acceptors (Lipinski definition) is 4. The van der Waals surface area contributed by atoms with Crippen LogP contribution in [0, 0.1) is 5.82 Å². The van der Waals surface area contributed by atoms with Gasteiger partial charge in [-0.25, -0.2) is 4.39 Å². The minimum absolute atomic E-state index is 0.236. The van der Waals surface area contributed by atoms with Gasteiger partial charge in [-0.2, -0.15) is 5.10 Å². The van der Waals surface area contributed by atoms with Crippen LogP contribution in [0.4, 0.5) is 4.39 Å². The van der Waals surface area contributed by atoms with E-state index in [-0.39, 0.29) is 11.9 Å². The van der Waals surface area contributed by atoms with Gasteiger partial charge in [0.1, 0.15) is 11.6 Å². The van der Waals surface area contributed by atoms with Crippen molar-refractivity contribution in [3.8, 4) is 11.3 Å². The van der Waals surface area contributed by atoms with Crippen molar-refractivity contribution in [3.63, 3.8) is 0 Å². The number of H-pyrrole nitrogens is 1. The highest BCUT2D eigenvalue weighted by molar-refractivity contribution is 5.62. The minimum atomic E-state index is -0.236. The molecule has 6 heteroatoms. The van der Waals surface area contributed by atoms with Crippen molar-refractivity contribution < 1.29 is 8.81 Å². The number of aromatic amines is 1. The second-order valence-electron chi connectivity index (χ2n) is 6.68. The zero-order valence-electron chi connectivity index (χ0n) is 14.6. The van der Waals surface area contributed by atoms with Crippen LogP contribution >= 0.6 is 0 Å². The topological polar surface area (TPSA) is 57.1 Å². The van der Waals surface area contributed by atoms with Gasteiger partial charge < -0.3 is 9.73 Å². The molecule has 26 heavy (non-hydrogen) atoms. The van der Waals surface area contributed by atoms with E-state index in [2.05, 4.69) is 20.4 Å². The number of hydrogen-bond donors (Lipinski definition) is 2. The van der Waals surface area contributed by atoms with Gasteiger partial charge >= 0.3 is 0 Å². The van der Waals surface area contributed by atoms with Crippen LogP contribution in [0.1, 0.15) is 30.2 Å². The summed E-state index contributed by atoms with van der Waals surface area (Å²) in [6.45, 7) is 3.72. The number of nitrogens with zero attached hydrogens (tertiary/aromatic N) is 2. The molecule has 1 atom stereocenters. The molecular formula is C20H23FN4O. The molecule has 3 aromatic rings. The van der Waals surface area contributed by atoms with E-state index in [9.17, 15) is 4.39 Å². The van der Waals surface area contributed by atoms with Crippen molar-refractivity contribution in [2.75, 3.05) is 19.6 Å². The molecule has 0 amide bonds. The Balaban J connectivity index is 1.42. The third kappa shape index (κ3) is 3.71. The molecule has 1 saturated heterocycles. The first-order valence-corrected chi connectivity index (χ1v) is 9.07. The zero-order chi connectivity index (χ0) is 17.8. The quantitative estimate of drug-likeness (QED) is 0.679. The second-order valence-corrected chi connectivity index (χ2v) is 6.68. The summed E-state index contributed by atoms with van der Waals surface area (Å²) in [6.07, 6.45) is 6.05. The van der Waals surface area contributed by atoms with Crippen molar-refractivity contribution in [1.82, 2.24) is 20.4 Å². The molecule has 1 aromatic carbocycles. The van der Waals surface area contributed by atoms with Crippen molar-refractivity contribution in [3.05, 3.63) is 66.0 Å². The van der Waals surface area contributed by atoms with E-state index in [0.29, 0.717) is 6.54 Å². The molecule has 0 unspecified atom stereocenters. The number of rotatable bonds is 7. The molecule has 2 N–H and O–H groups in total. The molecule has 1 fully saturated rings. The van der Waals surface area contributed by atoms with E-state index in [1.54, 1.807) is 18.4 Å². The Morgan fingerprint density at radius 1 is 1.19 bits per heavy atom. The van der Waals surface area contributed by atoms with Gasteiger partial charge in [-0.05, 0) is 62.3 Å². The highest BCUT2D eigenvalue weighted by Gasteiger charge is 2.25. The minimum Gasteiger partial charge on any atom is -0.468 e. The Morgan fingerprint density at radius 3 is 2.73 bits per heavy atom. The maximum absolute atomic E-state index is 13.2. The van der Waals surface area contributed by atoms with Gasteiger partial charge in [0.15, 0.2) is 0 Å². The molecule has 136 valence electrons. The van der Waals surface area contributed by atoms with Gasteiger partial charge in [-0.15, -0.1) is 0 Å². The van der Waals surface area contributed by atoms with Crippen molar-refractivity contribution in [2.45, 2.75) is 25.4 Å². The molecule has 1 aliphatic rings. The van der Waals surface area contributed by atoms with E-state index in [1.165, 1.54) is 25.0 Å². The van der Waals surface area contributed by atoms with E-state index >= 15 is 0 Å². The van der Waals surface area contributed by atoms with Gasteiger partial charge in [0, 0.05) is 24.2 Å². The first-order chi connectivity index (χ1) is 12.8. The van der Waals surface area contributed by atoms with Gasteiger partial charge in [-0.3, -0.25) is 10.00 Å². The largest absolute Gasteiger partial charge is 0.468 e. The lowest BCUT2D eigenvalue weighted by molar-refractivity contribution is 0.209. The molecule has 1 aliphatic heterocycles. The Bertz CT molecular complexity index is 807. The monoisotopic (exact) mass is 354 g/mol. The van der Waals surface area contributed by atoms with Crippen LogP contribution in [0.2, 0.25) is 0 Å². The first kappa shape index (κ1) is 17.0. The predicted molar refractivity (Wildman–Crippen MR) is 97.9 cm³/mol. The van der Waals surface area contributed by atoms with E-state index in [0.717, 1.165) is 42.2 Å². The third-order valence-corrected chi connectivity index (χ3v) is 4.96. The van der Waals surface area contributed by atoms with E-state index in [1.807, 2.05) is 18.3 Å². The zero-order valence-corrected chi connectivity index (χ0v) is 14.6. The van der Waals surface area contributed by atoms with Gasteiger partial charge in [-0.1, -0.05) is 0 Å². The lowest BCUT2D eigenvalue weighted by Crippen LogP contribution is -2.33. The fraction of sp³-hybridized carbons (Fsp3) is 0.350. The smallest absolute Gasteiger partial charge is 0.123 e. The van der Waals surface area contributed by atoms with Gasteiger partial charge in [0.2, 0.25) is 0 Å². The highest BCUT2D eigenvalue weighted by Crippen LogP contribution is 2.25. The number of nitrogens with one attached hydrogen (secondary N) is 2. The SMILES string of the molecule is Fc1ccc(-c2[nH]ncc2CNC[C@@H](c2ccco2)N2CCCC2)cc1. The van der Waals surface area contributed by atoms with E-state index < -0.39 is 0 Å². The van der Waals surface area contributed by atoms with Crippen LogP contribution in [0.25, 0.3) is 11.3 Å². The van der Waals surface area contributed by atoms with Crippen molar-refractivity contribution >= 4 is 0 Å². The van der Waals surface area contributed by atoms with Crippen LogP contribution in [0.5, 0.6) is 0 Å². The Kier molecular flexibility index (Phi) is 5.13. The molecule has 5 nitrogen and oxygen atoms in total. The first-order valence-electron chi connectivity index (χ1n) is 9.07. The highest BCUT2D eigenvalue weighted by atomic mass is 19.1. The normalized spacial score (nSPS) is 16.2. The van der Waals surface area contributed by atoms with Crippen molar-refractivity contribution in [2.24, 2.45) is 0 Å². The summed E-state index contributed by atoms with van der Waals surface area (Å²) < 4.78 is 18.8. The van der Waals surface area contributed by atoms with Gasteiger partial charge in [0.05, 0.1) is 24.2 Å². The summed E-state index contributed by atoms with van der Waals surface area (Å²) in [6, 6.07) is 10.7. The number of furan rings is 1. The fourth-order valence-electron chi connectivity index (χ4n) is 3.60. The molecule has 0 saturated carbocycles. The van der Waals surface area contributed by atoms with Crippen molar-refractivity contribution in [1.29, 1.82) is 0 Å². The van der Waals surface area contributed by atoms with Crippen LogP contribution in [0.15, 0.2) is 53.3 Å². The molecule has 0 spiro atoms. The molecule has 4 rings (SSSR count). The van der Waals surface area contributed by atoms with Crippen LogP contribution < -0.4 is 5.32 Å². The fourth-order valence-corrected chi connectivity index (χ4v) is 3.60. The summed E-state index contributed by atoms with van der Waals surface area (Å²) >= 11 is 0. The van der Waals surface area contributed by atoms with Crippen LogP contribution in [-0.2, 0) is 6.54 Å². The molecule has 0 radical (unpaired) electrons. The Labute approximate surface area is 152 Å². The van der Waals surface area contributed by atoms with E-state index in [4.69, 9.17) is 4.42 Å². The molecule has 0 bridgehead atoms. The predicted octanol–water partition coefficient (Wildman–Crippen LogP) is 3.74. The number of benzene rings is 1. The summed E-state index contributed by atoms with van der Waals surface area (Å²) in [4.78, 5) is 2.47. The van der Waals surface area contributed by atoms with Crippen LogP contribution in [-0.4, -0.2) is 34.7 Å². The summed E-state index contributed by atoms with van der Waals surface area (Å²) in [5, 5.41) is 10.7. The maximum Gasteiger partial charge on any atom is 0.123 e. The molecule has 3 heterocycles. The Hall–Kier alpha value is -2.44. The number of likely N-dealkylation sites (tertiary alicyclic amines) is 1. The molecule has 0 aliphatic carbocycles. The average Bonchev–Trinajstić information content (AvgIpc) is 3.41. The lowest BCUT2D eigenvalue weighted by Gasteiger charge is -2.26. The molecule has 2 aromatic heterocycles. The molecular weight excluding hydrogens is 331 g/mol. The average molecular weight is 354 g/mol. The maximum atomic E-state index is 13.2. The third-order valence-electron chi connectivity index (χ3n) is 4.96. The lowest BCUT2D eigenvalue weighted by atomic mass is 10.1. The number of aromatic nitrogens is 2. The summed E-state index contributed by atoms with van der Waals surface area (Å²) in [5.41, 5.74) is 2.92. The summed E-state index contributed by atoms with van der Waals surface area (Å²) in [7, 11) is 0. The van der Waals surface area contributed by atoms with Gasteiger partial charge in [0.25, 0.3) is 0 Å². The second kappa shape index (κ2) is 7.85. The number of halogens is 1. The standard InChI is InChI=1S/C20H23FN4O/c21-17-7-5-15(6-8-17)20-16(13-23-24-20)12-22-14-18(19-4-3-11-26-19)25-9-1-2-10-25/h3-8,11,13,18,22H,1-2,9-10,12,14H2,(H,23,24)/t18-/m0/s1. The Morgan fingerprint density at radius 2 is 2.00 bits per heavy atom.